The molecule has 0 aliphatic heterocycles. The van der Waals surface area contributed by atoms with Gasteiger partial charge in [0.15, 0.2) is 0 Å². The van der Waals surface area contributed by atoms with Crippen LogP contribution >= 0.6 is 34.8 Å². The molecule has 0 radical (unpaired) electrons. The first-order valence-corrected chi connectivity index (χ1v) is 6.85. The Balaban J connectivity index is 2.24. The monoisotopic (exact) mass is 315 g/mol. The second-order valence-corrected chi connectivity index (χ2v) is 5.22. The summed E-state index contributed by atoms with van der Waals surface area (Å²) in [6, 6.07) is 10.5. The van der Waals surface area contributed by atoms with E-state index in [1.165, 1.54) is 0 Å². The highest BCUT2D eigenvalue weighted by Gasteiger charge is 2.06. The molecule has 0 fully saturated rings. The Bertz CT molecular complexity index is 587. The average molecular weight is 317 g/mol. The highest BCUT2D eigenvalue weighted by Crippen LogP contribution is 2.33. The fourth-order valence-corrected chi connectivity index (χ4v) is 2.22. The summed E-state index contributed by atoms with van der Waals surface area (Å²) in [7, 11) is 0. The largest absolute Gasteiger partial charge is 0.456 e. The lowest BCUT2D eigenvalue weighted by Gasteiger charge is -2.10. The predicted molar refractivity (Wildman–Crippen MR) is 80.7 cm³/mol. The molecule has 0 aliphatic carbocycles. The fourth-order valence-electron chi connectivity index (χ4n) is 1.63. The van der Waals surface area contributed by atoms with E-state index in [2.05, 4.69) is 0 Å². The Morgan fingerprint density at radius 2 is 1.74 bits per heavy atom. The zero-order valence-electron chi connectivity index (χ0n) is 10.00. The van der Waals surface area contributed by atoms with Crippen molar-refractivity contribution in [3.8, 4) is 11.5 Å². The van der Waals surface area contributed by atoms with Gasteiger partial charge in [0.05, 0.1) is 5.02 Å². The van der Waals surface area contributed by atoms with Crippen molar-refractivity contribution in [2.75, 3.05) is 6.54 Å². The van der Waals surface area contributed by atoms with Crippen molar-refractivity contribution in [3.63, 3.8) is 0 Å². The molecule has 0 aliphatic rings. The molecule has 2 aromatic rings. The minimum absolute atomic E-state index is 0.492. The molecule has 2 aromatic carbocycles. The zero-order chi connectivity index (χ0) is 13.8. The van der Waals surface area contributed by atoms with E-state index in [-0.39, 0.29) is 0 Å². The molecule has 0 aromatic heterocycles. The molecule has 5 heteroatoms. The second-order valence-electron chi connectivity index (χ2n) is 3.97. The van der Waals surface area contributed by atoms with Crippen LogP contribution in [0.1, 0.15) is 5.56 Å². The number of halogens is 3. The number of hydrogen-bond donors (Lipinski definition) is 1. The summed E-state index contributed by atoms with van der Waals surface area (Å²) >= 11 is 18.1. The van der Waals surface area contributed by atoms with Crippen LogP contribution < -0.4 is 10.5 Å². The number of ether oxygens (including phenoxy) is 1. The Labute approximate surface area is 127 Å². The smallest absolute Gasteiger partial charge is 0.147 e. The van der Waals surface area contributed by atoms with Gasteiger partial charge in [-0.25, -0.2) is 0 Å². The summed E-state index contributed by atoms with van der Waals surface area (Å²) in [4.78, 5) is 0. The van der Waals surface area contributed by atoms with Gasteiger partial charge in [0, 0.05) is 16.1 Å². The maximum atomic E-state index is 6.15. The molecule has 2 rings (SSSR count). The first-order chi connectivity index (χ1) is 9.10. The molecular formula is C14H12Cl3NO. The Kier molecular flexibility index (Phi) is 4.94. The molecule has 0 unspecified atom stereocenters. The van der Waals surface area contributed by atoms with E-state index in [0.717, 1.165) is 12.0 Å². The van der Waals surface area contributed by atoms with Crippen LogP contribution in [0.3, 0.4) is 0 Å². The number of benzene rings is 2. The molecule has 0 heterocycles. The SMILES string of the molecule is NCCc1ccc(Oc2cc(Cl)ccc2Cl)cc1Cl. The first-order valence-electron chi connectivity index (χ1n) is 5.71. The van der Waals surface area contributed by atoms with E-state index in [1.54, 1.807) is 24.3 Å². The maximum absolute atomic E-state index is 6.15. The quantitative estimate of drug-likeness (QED) is 0.867. The third-order valence-corrected chi connectivity index (χ3v) is 3.46. The Morgan fingerprint density at radius 3 is 2.42 bits per heavy atom. The minimum atomic E-state index is 0.492. The summed E-state index contributed by atoms with van der Waals surface area (Å²) in [5.74, 6) is 1.10. The lowest BCUT2D eigenvalue weighted by molar-refractivity contribution is 0.483. The van der Waals surface area contributed by atoms with Gasteiger partial charge in [0.2, 0.25) is 0 Å². The van der Waals surface area contributed by atoms with Gasteiger partial charge in [-0.2, -0.15) is 0 Å². The summed E-state index contributed by atoms with van der Waals surface area (Å²) in [5.41, 5.74) is 6.50. The maximum Gasteiger partial charge on any atom is 0.147 e. The molecule has 100 valence electrons. The molecule has 2 nitrogen and oxygen atoms in total. The second kappa shape index (κ2) is 6.49. The van der Waals surface area contributed by atoms with Crippen molar-refractivity contribution in [2.24, 2.45) is 5.73 Å². The summed E-state index contributed by atoms with van der Waals surface area (Å²) in [6.07, 6.45) is 0.733. The molecule has 0 bridgehead atoms. The van der Waals surface area contributed by atoms with Crippen LogP contribution in [-0.2, 0) is 6.42 Å². The van der Waals surface area contributed by atoms with Crippen molar-refractivity contribution in [1.82, 2.24) is 0 Å². The lowest BCUT2D eigenvalue weighted by atomic mass is 10.1. The normalized spacial score (nSPS) is 10.5. The fraction of sp³-hybridized carbons (Fsp3) is 0.143. The van der Waals surface area contributed by atoms with Crippen LogP contribution in [0.2, 0.25) is 15.1 Å². The highest BCUT2D eigenvalue weighted by atomic mass is 35.5. The summed E-state index contributed by atoms with van der Waals surface area (Å²) in [5, 5.41) is 1.68. The number of nitrogens with two attached hydrogens (primary N) is 1. The van der Waals surface area contributed by atoms with Crippen molar-refractivity contribution < 1.29 is 4.74 Å². The standard InChI is InChI=1S/C14H12Cl3NO/c15-10-2-4-12(16)14(7-10)19-11-3-1-9(5-6-18)13(17)8-11/h1-4,7-8H,5-6,18H2. The van der Waals surface area contributed by atoms with Gasteiger partial charge < -0.3 is 10.5 Å². The summed E-state index contributed by atoms with van der Waals surface area (Å²) in [6.45, 7) is 0.556. The van der Waals surface area contributed by atoms with Crippen LogP contribution in [0.15, 0.2) is 36.4 Å². The highest BCUT2D eigenvalue weighted by molar-refractivity contribution is 6.34. The molecule has 0 spiro atoms. The van der Waals surface area contributed by atoms with Gasteiger partial charge in [-0.05, 0) is 42.8 Å². The van der Waals surface area contributed by atoms with Crippen LogP contribution in [0.5, 0.6) is 11.5 Å². The van der Waals surface area contributed by atoms with Crippen LogP contribution in [0, 0.1) is 0 Å². The lowest BCUT2D eigenvalue weighted by Crippen LogP contribution is -2.03. The average Bonchev–Trinajstić information content (AvgIpc) is 2.37. The van der Waals surface area contributed by atoms with E-state index < -0.39 is 0 Å². The van der Waals surface area contributed by atoms with E-state index >= 15 is 0 Å². The van der Waals surface area contributed by atoms with Crippen LogP contribution in [0.25, 0.3) is 0 Å². The first kappa shape index (κ1) is 14.5. The molecule has 0 amide bonds. The Hall–Kier alpha value is -0.930. The minimum Gasteiger partial charge on any atom is -0.456 e. The molecule has 2 N–H and O–H groups in total. The summed E-state index contributed by atoms with van der Waals surface area (Å²) < 4.78 is 5.67. The molecule has 0 atom stereocenters. The van der Waals surface area contributed by atoms with E-state index in [9.17, 15) is 0 Å². The number of hydrogen-bond acceptors (Lipinski definition) is 2. The molecule has 19 heavy (non-hydrogen) atoms. The number of rotatable bonds is 4. The van der Waals surface area contributed by atoms with Crippen molar-refractivity contribution in [3.05, 3.63) is 57.0 Å². The van der Waals surface area contributed by atoms with Crippen molar-refractivity contribution in [2.45, 2.75) is 6.42 Å². The predicted octanol–water partition coefficient (Wildman–Crippen LogP) is 4.94. The topological polar surface area (TPSA) is 35.2 Å². The van der Waals surface area contributed by atoms with E-state index in [0.29, 0.717) is 33.1 Å². The molecule has 0 saturated carbocycles. The van der Waals surface area contributed by atoms with Gasteiger partial charge in [0.1, 0.15) is 11.5 Å². The van der Waals surface area contributed by atoms with Gasteiger partial charge >= 0.3 is 0 Å². The van der Waals surface area contributed by atoms with Crippen LogP contribution in [-0.4, -0.2) is 6.54 Å². The van der Waals surface area contributed by atoms with Gasteiger partial charge in [0.25, 0.3) is 0 Å². The van der Waals surface area contributed by atoms with Crippen LogP contribution in [0.4, 0.5) is 0 Å². The van der Waals surface area contributed by atoms with Gasteiger partial charge in [-0.15, -0.1) is 0 Å². The molecular weight excluding hydrogens is 305 g/mol. The third kappa shape index (κ3) is 3.77. The third-order valence-electron chi connectivity index (χ3n) is 2.56. The van der Waals surface area contributed by atoms with Crippen molar-refractivity contribution in [1.29, 1.82) is 0 Å². The van der Waals surface area contributed by atoms with Crippen molar-refractivity contribution >= 4 is 34.8 Å². The molecule has 0 saturated heterocycles. The van der Waals surface area contributed by atoms with E-state index in [1.807, 2.05) is 12.1 Å². The van der Waals surface area contributed by atoms with Gasteiger partial charge in [-0.3, -0.25) is 0 Å². The zero-order valence-corrected chi connectivity index (χ0v) is 12.3. The van der Waals surface area contributed by atoms with E-state index in [4.69, 9.17) is 45.3 Å². The Morgan fingerprint density at radius 1 is 0.947 bits per heavy atom. The van der Waals surface area contributed by atoms with Gasteiger partial charge in [-0.1, -0.05) is 40.9 Å².